The molecule has 6 nitrogen and oxygen atoms in total. The Morgan fingerprint density at radius 2 is 1.96 bits per heavy atom. The van der Waals surface area contributed by atoms with E-state index in [0.717, 1.165) is 29.5 Å². The Labute approximate surface area is 136 Å². The van der Waals surface area contributed by atoms with Crippen LogP contribution in [0, 0.1) is 5.82 Å². The summed E-state index contributed by atoms with van der Waals surface area (Å²) in [5, 5.41) is 17.2. The normalized spacial score (nSPS) is 14.3. The predicted molar refractivity (Wildman–Crippen MR) is 82.2 cm³/mol. The van der Waals surface area contributed by atoms with E-state index in [2.05, 4.69) is 20.4 Å². The number of hydrogen-bond donors (Lipinski definition) is 0. The van der Waals surface area contributed by atoms with Gasteiger partial charge in [-0.1, -0.05) is 11.8 Å². The lowest BCUT2D eigenvalue weighted by atomic mass is 10.2. The summed E-state index contributed by atoms with van der Waals surface area (Å²) in [6, 6.07) is 6.20. The van der Waals surface area contributed by atoms with E-state index in [1.54, 1.807) is 12.1 Å². The van der Waals surface area contributed by atoms with Gasteiger partial charge in [0.2, 0.25) is 11.8 Å². The Morgan fingerprint density at radius 3 is 2.70 bits per heavy atom. The van der Waals surface area contributed by atoms with Crippen LogP contribution in [0.5, 0.6) is 0 Å². The molecule has 0 aliphatic heterocycles. The number of hydrogen-bond acceptors (Lipinski definition) is 6. The zero-order valence-corrected chi connectivity index (χ0v) is 13.3. The summed E-state index contributed by atoms with van der Waals surface area (Å²) >= 11 is 1.48. The fraction of sp³-hybridized carbons (Fsp3) is 0.333. The maximum Gasteiger partial charge on any atom is 0.226 e. The Hall–Kier alpha value is -2.22. The molecule has 0 N–H and O–H groups in total. The first-order valence-electron chi connectivity index (χ1n) is 7.31. The third-order valence-corrected chi connectivity index (χ3v) is 4.68. The van der Waals surface area contributed by atoms with Gasteiger partial charge >= 0.3 is 0 Å². The van der Waals surface area contributed by atoms with Crippen molar-refractivity contribution in [1.29, 1.82) is 0 Å². The van der Waals surface area contributed by atoms with Crippen LogP contribution >= 0.6 is 11.8 Å². The van der Waals surface area contributed by atoms with Crippen LogP contribution in [-0.4, -0.2) is 25.0 Å². The van der Waals surface area contributed by atoms with Gasteiger partial charge < -0.3 is 8.98 Å². The average molecular weight is 331 g/mol. The number of aromatic nitrogens is 5. The summed E-state index contributed by atoms with van der Waals surface area (Å²) in [6.07, 6.45) is 2.28. The Balaban J connectivity index is 1.47. The minimum atomic E-state index is -0.270. The van der Waals surface area contributed by atoms with Crippen molar-refractivity contribution in [2.24, 2.45) is 7.05 Å². The minimum absolute atomic E-state index is 0.270. The first-order valence-corrected chi connectivity index (χ1v) is 8.29. The van der Waals surface area contributed by atoms with Gasteiger partial charge in [-0.3, -0.25) is 0 Å². The fourth-order valence-corrected chi connectivity index (χ4v) is 2.99. The molecule has 0 atom stereocenters. The highest BCUT2D eigenvalue weighted by Crippen LogP contribution is 2.39. The summed E-state index contributed by atoms with van der Waals surface area (Å²) in [5.74, 6) is 2.77. The van der Waals surface area contributed by atoms with Gasteiger partial charge in [0, 0.05) is 18.5 Å². The van der Waals surface area contributed by atoms with E-state index in [0.29, 0.717) is 23.4 Å². The number of rotatable bonds is 5. The van der Waals surface area contributed by atoms with Crippen LogP contribution < -0.4 is 0 Å². The zero-order valence-electron chi connectivity index (χ0n) is 12.4. The summed E-state index contributed by atoms with van der Waals surface area (Å²) in [5.41, 5.74) is 0.821. The van der Waals surface area contributed by atoms with Crippen molar-refractivity contribution in [1.82, 2.24) is 25.0 Å². The van der Waals surface area contributed by atoms with Gasteiger partial charge in [0.1, 0.15) is 5.82 Å². The molecule has 4 rings (SSSR count). The molecule has 8 heteroatoms. The van der Waals surface area contributed by atoms with Crippen molar-refractivity contribution in [3.63, 3.8) is 0 Å². The van der Waals surface area contributed by atoms with Crippen LogP contribution in [0.25, 0.3) is 11.4 Å². The van der Waals surface area contributed by atoms with Gasteiger partial charge in [-0.2, -0.15) is 0 Å². The van der Waals surface area contributed by atoms with Crippen molar-refractivity contribution in [2.45, 2.75) is 29.7 Å². The van der Waals surface area contributed by atoms with Crippen molar-refractivity contribution < 1.29 is 8.81 Å². The van der Waals surface area contributed by atoms with Crippen LogP contribution in [0.15, 0.2) is 33.8 Å². The lowest BCUT2D eigenvalue weighted by Gasteiger charge is -2.02. The third kappa shape index (κ3) is 2.98. The van der Waals surface area contributed by atoms with Gasteiger partial charge in [0.25, 0.3) is 0 Å². The molecule has 1 fully saturated rings. The van der Waals surface area contributed by atoms with Gasteiger partial charge in [-0.15, -0.1) is 20.4 Å². The summed E-state index contributed by atoms with van der Waals surface area (Å²) in [7, 11) is 1.88. The Morgan fingerprint density at radius 1 is 1.17 bits per heavy atom. The minimum Gasteiger partial charge on any atom is -0.424 e. The monoisotopic (exact) mass is 331 g/mol. The van der Waals surface area contributed by atoms with Gasteiger partial charge in [-0.05, 0) is 37.1 Å². The molecule has 0 bridgehead atoms. The molecule has 118 valence electrons. The van der Waals surface area contributed by atoms with Gasteiger partial charge in [-0.25, -0.2) is 4.39 Å². The molecular formula is C15H14FN5OS. The zero-order chi connectivity index (χ0) is 15.8. The third-order valence-electron chi connectivity index (χ3n) is 3.67. The fourth-order valence-electron chi connectivity index (χ4n) is 2.24. The van der Waals surface area contributed by atoms with Crippen LogP contribution in [0.4, 0.5) is 4.39 Å². The first kappa shape index (κ1) is 14.4. The number of thioether (sulfide) groups is 1. The molecule has 0 radical (unpaired) electrons. The molecule has 0 saturated heterocycles. The SMILES string of the molecule is Cn1c(SCc2nnc(C3CC3)o2)nnc1-c1ccc(F)cc1. The lowest BCUT2D eigenvalue weighted by Crippen LogP contribution is -1.95. The largest absolute Gasteiger partial charge is 0.424 e. The Bertz CT molecular complexity index is 825. The highest BCUT2D eigenvalue weighted by molar-refractivity contribution is 7.98. The Kier molecular flexibility index (Phi) is 3.60. The summed E-state index contributed by atoms with van der Waals surface area (Å²) in [4.78, 5) is 0. The van der Waals surface area contributed by atoms with Crippen LogP contribution in [0.3, 0.4) is 0 Å². The molecule has 1 aromatic carbocycles. The maximum atomic E-state index is 13.0. The molecule has 2 aromatic heterocycles. The molecule has 2 heterocycles. The van der Waals surface area contributed by atoms with Crippen molar-refractivity contribution in [2.75, 3.05) is 0 Å². The topological polar surface area (TPSA) is 69.6 Å². The summed E-state index contributed by atoms with van der Waals surface area (Å²) < 4.78 is 20.5. The van der Waals surface area contributed by atoms with E-state index in [4.69, 9.17) is 4.42 Å². The molecule has 1 aliphatic carbocycles. The second-order valence-electron chi connectivity index (χ2n) is 5.47. The standard InChI is InChI=1S/C15H14FN5OS/c1-21-13(9-4-6-11(16)7-5-9)18-20-15(21)23-8-12-17-19-14(22-12)10-2-3-10/h4-7,10H,2-3,8H2,1H3. The van der Waals surface area contributed by atoms with Gasteiger partial charge in [0.15, 0.2) is 11.0 Å². The van der Waals surface area contributed by atoms with E-state index in [1.165, 1.54) is 23.9 Å². The maximum absolute atomic E-state index is 13.0. The second kappa shape index (κ2) is 5.77. The van der Waals surface area contributed by atoms with E-state index < -0.39 is 0 Å². The van der Waals surface area contributed by atoms with Crippen LogP contribution in [0.1, 0.15) is 30.5 Å². The van der Waals surface area contributed by atoms with Crippen molar-refractivity contribution in [3.05, 3.63) is 41.9 Å². The summed E-state index contributed by atoms with van der Waals surface area (Å²) in [6.45, 7) is 0. The second-order valence-corrected chi connectivity index (χ2v) is 6.41. The van der Waals surface area contributed by atoms with E-state index in [1.807, 2.05) is 11.6 Å². The molecular weight excluding hydrogens is 317 g/mol. The molecule has 1 saturated carbocycles. The van der Waals surface area contributed by atoms with E-state index in [-0.39, 0.29) is 5.82 Å². The smallest absolute Gasteiger partial charge is 0.226 e. The molecule has 3 aromatic rings. The molecule has 0 amide bonds. The molecule has 23 heavy (non-hydrogen) atoms. The van der Waals surface area contributed by atoms with Crippen LogP contribution in [-0.2, 0) is 12.8 Å². The first-order chi connectivity index (χ1) is 11.2. The number of halogens is 1. The molecule has 0 unspecified atom stereocenters. The van der Waals surface area contributed by atoms with Crippen molar-refractivity contribution in [3.8, 4) is 11.4 Å². The number of nitrogens with zero attached hydrogens (tertiary/aromatic N) is 5. The van der Waals surface area contributed by atoms with E-state index >= 15 is 0 Å². The van der Waals surface area contributed by atoms with E-state index in [9.17, 15) is 4.39 Å². The number of benzene rings is 1. The molecule has 1 aliphatic rings. The van der Waals surface area contributed by atoms with Gasteiger partial charge in [0.05, 0.1) is 5.75 Å². The van der Waals surface area contributed by atoms with Crippen molar-refractivity contribution >= 4 is 11.8 Å². The highest BCUT2D eigenvalue weighted by Gasteiger charge is 2.29. The van der Waals surface area contributed by atoms with Crippen LogP contribution in [0.2, 0.25) is 0 Å². The lowest BCUT2D eigenvalue weighted by molar-refractivity contribution is 0.466. The predicted octanol–water partition coefficient (Wildman–Crippen LogP) is 3.17. The quantitative estimate of drug-likeness (QED) is 0.669. The highest BCUT2D eigenvalue weighted by atomic mass is 32.2. The average Bonchev–Trinajstić information content (AvgIpc) is 3.19. The molecule has 0 spiro atoms.